The Morgan fingerprint density at radius 2 is 1.70 bits per heavy atom. The van der Waals surface area contributed by atoms with Gasteiger partial charge in [0.1, 0.15) is 17.4 Å². The van der Waals surface area contributed by atoms with E-state index in [2.05, 4.69) is 18.3 Å². The van der Waals surface area contributed by atoms with Gasteiger partial charge in [0.25, 0.3) is 0 Å². The number of rotatable bonds is 7. The van der Waals surface area contributed by atoms with Gasteiger partial charge in [-0.2, -0.15) is 0 Å². The standard InChI is InChI=1S/C24H32N2O4/c1-7-17-9-8-10-18(15-17)16-21(25-23(28)30-24(2,3)4)22(27)26(5)19-11-13-20(29-6)14-12-19/h8-15,21H,7,16H2,1-6H3,(H,25,28)/t21-/m0/s1. The molecule has 0 spiro atoms. The van der Waals surface area contributed by atoms with Crippen LogP contribution in [0.4, 0.5) is 10.5 Å². The number of methoxy groups -OCH3 is 1. The second-order valence-electron chi connectivity index (χ2n) is 8.17. The van der Waals surface area contributed by atoms with Crippen molar-refractivity contribution in [2.45, 2.75) is 52.2 Å². The number of nitrogens with zero attached hydrogens (tertiary/aromatic N) is 1. The summed E-state index contributed by atoms with van der Waals surface area (Å²) in [6.07, 6.45) is 0.653. The number of hydrogen-bond donors (Lipinski definition) is 1. The fourth-order valence-electron chi connectivity index (χ4n) is 3.03. The van der Waals surface area contributed by atoms with Crippen LogP contribution in [-0.4, -0.2) is 37.8 Å². The highest BCUT2D eigenvalue weighted by atomic mass is 16.6. The third kappa shape index (κ3) is 6.79. The van der Waals surface area contributed by atoms with Gasteiger partial charge in [-0.05, 0) is 62.6 Å². The third-order valence-electron chi connectivity index (χ3n) is 4.62. The Balaban J connectivity index is 2.25. The van der Waals surface area contributed by atoms with Crippen molar-refractivity contribution in [2.75, 3.05) is 19.1 Å². The van der Waals surface area contributed by atoms with E-state index in [0.717, 1.165) is 12.0 Å². The largest absolute Gasteiger partial charge is 0.497 e. The second-order valence-corrected chi connectivity index (χ2v) is 8.17. The molecule has 0 radical (unpaired) electrons. The van der Waals surface area contributed by atoms with Gasteiger partial charge in [0, 0.05) is 19.2 Å². The predicted octanol–water partition coefficient (Wildman–Crippen LogP) is 4.36. The topological polar surface area (TPSA) is 67.9 Å². The summed E-state index contributed by atoms with van der Waals surface area (Å²) in [6.45, 7) is 7.45. The lowest BCUT2D eigenvalue weighted by Gasteiger charge is -2.27. The molecular weight excluding hydrogens is 380 g/mol. The van der Waals surface area contributed by atoms with Crippen molar-refractivity contribution in [2.24, 2.45) is 0 Å². The Bertz CT molecular complexity index is 856. The summed E-state index contributed by atoms with van der Waals surface area (Å²) < 4.78 is 10.6. The van der Waals surface area contributed by atoms with Crippen LogP contribution in [-0.2, 0) is 22.4 Å². The maximum atomic E-state index is 13.3. The molecule has 30 heavy (non-hydrogen) atoms. The van der Waals surface area contributed by atoms with Gasteiger partial charge in [0.2, 0.25) is 5.91 Å². The number of anilines is 1. The minimum atomic E-state index is -0.765. The van der Waals surface area contributed by atoms with Gasteiger partial charge in [-0.25, -0.2) is 4.79 Å². The number of ether oxygens (including phenoxy) is 2. The van der Waals surface area contributed by atoms with E-state index in [1.807, 2.05) is 18.2 Å². The number of hydrogen-bond acceptors (Lipinski definition) is 4. The number of carbonyl (C=O) groups excluding carboxylic acids is 2. The van der Waals surface area contributed by atoms with Crippen molar-refractivity contribution in [1.29, 1.82) is 0 Å². The average molecular weight is 413 g/mol. The molecule has 0 fully saturated rings. The summed E-state index contributed by atoms with van der Waals surface area (Å²) >= 11 is 0. The van der Waals surface area contributed by atoms with Crippen LogP contribution in [0.2, 0.25) is 0 Å². The molecular formula is C24H32N2O4. The Hall–Kier alpha value is -3.02. The summed E-state index contributed by atoms with van der Waals surface area (Å²) in [5.41, 5.74) is 2.22. The van der Waals surface area contributed by atoms with Crippen molar-refractivity contribution >= 4 is 17.7 Å². The highest BCUT2D eigenvalue weighted by molar-refractivity contribution is 5.98. The molecule has 2 amide bonds. The Morgan fingerprint density at radius 3 is 2.27 bits per heavy atom. The van der Waals surface area contributed by atoms with Gasteiger partial charge in [0.15, 0.2) is 0 Å². The van der Waals surface area contributed by atoms with Crippen LogP contribution < -0.4 is 15.0 Å². The lowest BCUT2D eigenvalue weighted by atomic mass is 10.0. The van der Waals surface area contributed by atoms with Crippen LogP contribution in [0.5, 0.6) is 5.75 Å². The number of amides is 2. The zero-order valence-electron chi connectivity index (χ0n) is 18.7. The molecule has 0 aromatic heterocycles. The maximum Gasteiger partial charge on any atom is 0.408 e. The molecule has 0 bridgehead atoms. The average Bonchev–Trinajstić information content (AvgIpc) is 2.71. The molecule has 0 unspecified atom stereocenters. The summed E-state index contributed by atoms with van der Waals surface area (Å²) in [5.74, 6) is 0.479. The van der Waals surface area contributed by atoms with Gasteiger partial charge in [-0.1, -0.05) is 31.2 Å². The highest BCUT2D eigenvalue weighted by Gasteiger charge is 2.27. The second kappa shape index (κ2) is 10.1. The number of benzene rings is 2. The number of carbonyl (C=O) groups is 2. The molecule has 0 aliphatic rings. The van der Waals surface area contributed by atoms with E-state index in [0.29, 0.717) is 17.9 Å². The number of aryl methyl sites for hydroxylation is 1. The molecule has 0 aliphatic carbocycles. The molecule has 1 atom stereocenters. The third-order valence-corrected chi connectivity index (χ3v) is 4.62. The first kappa shape index (κ1) is 23.3. The summed E-state index contributed by atoms with van der Waals surface area (Å²) in [7, 11) is 3.28. The number of nitrogens with one attached hydrogen (secondary N) is 1. The van der Waals surface area contributed by atoms with Crippen molar-refractivity contribution < 1.29 is 19.1 Å². The monoisotopic (exact) mass is 412 g/mol. The van der Waals surface area contributed by atoms with Crippen LogP contribution in [0.15, 0.2) is 48.5 Å². The maximum absolute atomic E-state index is 13.3. The first-order valence-electron chi connectivity index (χ1n) is 10.1. The van der Waals surface area contributed by atoms with E-state index in [-0.39, 0.29) is 5.91 Å². The van der Waals surface area contributed by atoms with Gasteiger partial charge in [-0.3, -0.25) is 4.79 Å². The molecule has 2 aromatic carbocycles. The summed E-state index contributed by atoms with van der Waals surface area (Å²) in [4.78, 5) is 27.2. The van der Waals surface area contributed by atoms with E-state index in [9.17, 15) is 9.59 Å². The lowest BCUT2D eigenvalue weighted by molar-refractivity contribution is -0.120. The lowest BCUT2D eigenvalue weighted by Crippen LogP contribution is -2.50. The molecule has 0 aliphatic heterocycles. The summed E-state index contributed by atoms with van der Waals surface area (Å²) in [5, 5.41) is 2.76. The van der Waals surface area contributed by atoms with E-state index in [4.69, 9.17) is 9.47 Å². The van der Waals surface area contributed by atoms with E-state index < -0.39 is 17.7 Å². The van der Waals surface area contributed by atoms with Crippen LogP contribution in [0.25, 0.3) is 0 Å². The number of alkyl carbamates (subject to hydrolysis) is 1. The normalized spacial score (nSPS) is 12.1. The zero-order valence-corrected chi connectivity index (χ0v) is 18.7. The smallest absolute Gasteiger partial charge is 0.408 e. The van der Waals surface area contributed by atoms with Crippen molar-refractivity contribution in [3.8, 4) is 5.75 Å². The van der Waals surface area contributed by atoms with Crippen LogP contribution in [0.1, 0.15) is 38.8 Å². The molecule has 6 heteroatoms. The summed E-state index contributed by atoms with van der Waals surface area (Å²) in [6, 6.07) is 14.5. The predicted molar refractivity (Wildman–Crippen MR) is 119 cm³/mol. The molecule has 0 saturated heterocycles. The van der Waals surface area contributed by atoms with E-state index >= 15 is 0 Å². The fraction of sp³-hybridized carbons (Fsp3) is 0.417. The van der Waals surface area contributed by atoms with Crippen molar-refractivity contribution in [3.05, 3.63) is 59.7 Å². The molecule has 6 nitrogen and oxygen atoms in total. The van der Waals surface area contributed by atoms with Crippen LogP contribution in [0.3, 0.4) is 0 Å². The molecule has 2 aromatic rings. The quantitative estimate of drug-likeness (QED) is 0.734. The van der Waals surface area contributed by atoms with Gasteiger partial charge in [-0.15, -0.1) is 0 Å². The Kier molecular flexibility index (Phi) is 7.86. The van der Waals surface area contributed by atoms with E-state index in [1.54, 1.807) is 59.2 Å². The van der Waals surface area contributed by atoms with Crippen LogP contribution in [0, 0.1) is 0 Å². The Labute approximate surface area is 179 Å². The van der Waals surface area contributed by atoms with Crippen molar-refractivity contribution in [3.63, 3.8) is 0 Å². The Morgan fingerprint density at radius 1 is 1.07 bits per heavy atom. The zero-order chi connectivity index (χ0) is 22.3. The first-order valence-corrected chi connectivity index (χ1v) is 10.1. The van der Waals surface area contributed by atoms with Crippen LogP contribution >= 0.6 is 0 Å². The SMILES string of the molecule is CCc1cccc(C[C@H](NC(=O)OC(C)(C)C)C(=O)N(C)c2ccc(OC)cc2)c1. The minimum Gasteiger partial charge on any atom is -0.497 e. The van der Waals surface area contributed by atoms with Gasteiger partial charge < -0.3 is 19.7 Å². The minimum absolute atomic E-state index is 0.229. The number of likely N-dealkylation sites (N-methyl/N-ethyl adjacent to an activating group) is 1. The molecule has 0 heterocycles. The molecule has 0 saturated carbocycles. The van der Waals surface area contributed by atoms with Gasteiger partial charge in [0.05, 0.1) is 7.11 Å². The van der Waals surface area contributed by atoms with Gasteiger partial charge >= 0.3 is 6.09 Å². The first-order chi connectivity index (χ1) is 14.1. The van der Waals surface area contributed by atoms with Crippen molar-refractivity contribution in [1.82, 2.24) is 5.32 Å². The highest BCUT2D eigenvalue weighted by Crippen LogP contribution is 2.20. The van der Waals surface area contributed by atoms with E-state index in [1.165, 1.54) is 10.5 Å². The molecule has 2 rings (SSSR count). The molecule has 1 N–H and O–H groups in total. The fourth-order valence-corrected chi connectivity index (χ4v) is 3.03. The molecule has 162 valence electrons.